The van der Waals surface area contributed by atoms with E-state index in [-0.39, 0.29) is 18.2 Å². The van der Waals surface area contributed by atoms with E-state index in [1.165, 1.54) is 0 Å². The van der Waals surface area contributed by atoms with Crippen LogP contribution in [0.3, 0.4) is 0 Å². The lowest BCUT2D eigenvalue weighted by Gasteiger charge is -2.36. The van der Waals surface area contributed by atoms with Crippen LogP contribution in [-0.4, -0.2) is 42.9 Å². The first kappa shape index (κ1) is 18.3. The van der Waals surface area contributed by atoms with Crippen LogP contribution in [-0.2, 0) is 9.59 Å². The molecular weight excluding hydrogens is 350 g/mol. The third kappa shape index (κ3) is 4.55. The zero-order valence-electron chi connectivity index (χ0n) is 14.7. The van der Waals surface area contributed by atoms with Crippen molar-refractivity contribution >= 4 is 34.8 Å². The highest BCUT2D eigenvalue weighted by Crippen LogP contribution is 2.21. The maximum Gasteiger partial charge on any atom is 0.233 e. The number of benzene rings is 2. The minimum Gasteiger partial charge on any atom is -0.368 e. The van der Waals surface area contributed by atoms with E-state index in [1.54, 1.807) is 4.90 Å². The van der Waals surface area contributed by atoms with Crippen molar-refractivity contribution in [2.24, 2.45) is 0 Å². The van der Waals surface area contributed by atoms with Crippen LogP contribution in [0, 0.1) is 6.92 Å². The summed E-state index contributed by atoms with van der Waals surface area (Å²) in [5.41, 5.74) is 2.78. The van der Waals surface area contributed by atoms with Crippen molar-refractivity contribution in [3.8, 4) is 0 Å². The Morgan fingerprint density at radius 1 is 1.04 bits per heavy atom. The zero-order valence-corrected chi connectivity index (χ0v) is 15.5. The molecule has 1 N–H and O–H groups in total. The minimum absolute atomic E-state index is 0.133. The predicted octanol–water partition coefficient (Wildman–Crippen LogP) is 3.33. The Labute approximate surface area is 158 Å². The van der Waals surface area contributed by atoms with Gasteiger partial charge >= 0.3 is 0 Å². The summed E-state index contributed by atoms with van der Waals surface area (Å²) in [5, 5.41) is 3.51. The van der Waals surface area contributed by atoms with Crippen molar-refractivity contribution in [3.05, 3.63) is 59.1 Å². The lowest BCUT2D eigenvalue weighted by molar-refractivity contribution is -0.134. The van der Waals surface area contributed by atoms with Crippen LogP contribution in [0.15, 0.2) is 48.5 Å². The molecule has 0 spiro atoms. The Balaban J connectivity index is 1.50. The highest BCUT2D eigenvalue weighted by Gasteiger charge is 2.23. The Morgan fingerprint density at radius 3 is 2.46 bits per heavy atom. The SMILES string of the molecule is Cc1ccccc1NC(=O)CC(=O)N1CCN(c2cccc(Cl)c2)CC1. The second-order valence-corrected chi connectivity index (χ2v) is 6.82. The number of hydrogen-bond acceptors (Lipinski definition) is 3. The van der Waals surface area contributed by atoms with Crippen molar-refractivity contribution in [1.29, 1.82) is 0 Å². The Bertz CT molecular complexity index is 801. The Hall–Kier alpha value is -2.53. The molecule has 2 aromatic carbocycles. The Morgan fingerprint density at radius 2 is 1.77 bits per heavy atom. The summed E-state index contributed by atoms with van der Waals surface area (Å²) < 4.78 is 0. The normalized spacial score (nSPS) is 14.2. The lowest BCUT2D eigenvalue weighted by atomic mass is 10.2. The molecule has 1 fully saturated rings. The molecule has 1 aliphatic rings. The number of carbonyl (C=O) groups excluding carboxylic acids is 2. The summed E-state index contributed by atoms with van der Waals surface area (Å²) in [6, 6.07) is 15.2. The smallest absolute Gasteiger partial charge is 0.233 e. The number of nitrogens with zero attached hydrogens (tertiary/aromatic N) is 2. The molecule has 2 amide bonds. The van der Waals surface area contributed by atoms with Gasteiger partial charge in [0, 0.05) is 42.6 Å². The number of piperazine rings is 1. The molecule has 1 heterocycles. The van der Waals surface area contributed by atoms with Gasteiger partial charge in [-0.1, -0.05) is 35.9 Å². The van der Waals surface area contributed by atoms with E-state index in [2.05, 4.69) is 10.2 Å². The number of aryl methyl sites for hydroxylation is 1. The molecule has 3 rings (SSSR count). The van der Waals surface area contributed by atoms with E-state index in [0.717, 1.165) is 30.0 Å². The highest BCUT2D eigenvalue weighted by atomic mass is 35.5. The standard InChI is InChI=1S/C20H22ClN3O2/c1-15-5-2-3-8-18(15)22-19(25)14-20(26)24-11-9-23(10-12-24)17-7-4-6-16(21)13-17/h2-8,13H,9-12,14H2,1H3,(H,22,25). The zero-order chi connectivity index (χ0) is 18.5. The van der Waals surface area contributed by atoms with Crippen LogP contribution in [0.5, 0.6) is 0 Å². The van der Waals surface area contributed by atoms with Crippen LogP contribution in [0.4, 0.5) is 11.4 Å². The van der Waals surface area contributed by atoms with E-state index in [4.69, 9.17) is 11.6 Å². The molecule has 0 atom stereocenters. The number of anilines is 2. The minimum atomic E-state index is -0.276. The van der Waals surface area contributed by atoms with E-state index in [1.807, 2.05) is 55.5 Å². The molecule has 0 saturated carbocycles. The maximum atomic E-state index is 12.4. The van der Waals surface area contributed by atoms with Gasteiger partial charge in [-0.15, -0.1) is 0 Å². The number of halogens is 1. The Kier molecular flexibility index (Phi) is 5.78. The van der Waals surface area contributed by atoms with E-state index < -0.39 is 0 Å². The quantitative estimate of drug-likeness (QED) is 0.839. The lowest BCUT2D eigenvalue weighted by Crippen LogP contribution is -2.49. The molecule has 5 nitrogen and oxygen atoms in total. The molecule has 0 aliphatic carbocycles. The van der Waals surface area contributed by atoms with Crippen LogP contribution in [0.1, 0.15) is 12.0 Å². The number of rotatable bonds is 4. The molecule has 6 heteroatoms. The molecule has 26 heavy (non-hydrogen) atoms. The van der Waals surface area contributed by atoms with E-state index in [0.29, 0.717) is 18.1 Å². The van der Waals surface area contributed by atoms with Crippen LogP contribution in [0.2, 0.25) is 5.02 Å². The van der Waals surface area contributed by atoms with Crippen LogP contribution in [0.25, 0.3) is 0 Å². The average Bonchev–Trinajstić information content (AvgIpc) is 2.64. The summed E-state index contributed by atoms with van der Waals surface area (Å²) in [5.74, 6) is -0.414. The van der Waals surface area contributed by atoms with Gasteiger partial charge in [0.05, 0.1) is 0 Å². The molecule has 1 saturated heterocycles. The largest absolute Gasteiger partial charge is 0.368 e. The van der Waals surface area contributed by atoms with Crippen molar-refractivity contribution in [3.63, 3.8) is 0 Å². The van der Waals surface area contributed by atoms with Gasteiger partial charge in [-0.25, -0.2) is 0 Å². The van der Waals surface area contributed by atoms with E-state index >= 15 is 0 Å². The van der Waals surface area contributed by atoms with Gasteiger partial charge in [-0.2, -0.15) is 0 Å². The second kappa shape index (κ2) is 8.23. The molecule has 1 aliphatic heterocycles. The topological polar surface area (TPSA) is 52.7 Å². The summed E-state index contributed by atoms with van der Waals surface area (Å²) in [6.45, 7) is 4.58. The first-order valence-electron chi connectivity index (χ1n) is 8.67. The van der Waals surface area contributed by atoms with Gasteiger partial charge in [-0.3, -0.25) is 9.59 Å². The van der Waals surface area contributed by atoms with Gasteiger partial charge in [0.25, 0.3) is 0 Å². The van der Waals surface area contributed by atoms with Crippen LogP contribution >= 0.6 is 11.6 Å². The van der Waals surface area contributed by atoms with Gasteiger partial charge in [0.2, 0.25) is 11.8 Å². The molecule has 136 valence electrons. The molecule has 2 aromatic rings. The first-order valence-corrected chi connectivity index (χ1v) is 9.04. The first-order chi connectivity index (χ1) is 12.5. The van der Waals surface area contributed by atoms with Crippen molar-refractivity contribution in [2.45, 2.75) is 13.3 Å². The summed E-state index contributed by atoms with van der Waals surface area (Å²) in [4.78, 5) is 28.5. The fraction of sp³-hybridized carbons (Fsp3) is 0.300. The fourth-order valence-electron chi connectivity index (χ4n) is 3.04. The third-order valence-electron chi connectivity index (χ3n) is 4.54. The summed E-state index contributed by atoms with van der Waals surface area (Å²) in [7, 11) is 0. The number of nitrogens with one attached hydrogen (secondary N) is 1. The van der Waals surface area contributed by atoms with Gasteiger partial charge in [0.15, 0.2) is 0 Å². The monoisotopic (exact) mass is 371 g/mol. The second-order valence-electron chi connectivity index (χ2n) is 6.39. The molecular formula is C20H22ClN3O2. The maximum absolute atomic E-state index is 12.4. The third-order valence-corrected chi connectivity index (χ3v) is 4.77. The van der Waals surface area contributed by atoms with Gasteiger partial charge in [0.1, 0.15) is 6.42 Å². The summed E-state index contributed by atoms with van der Waals surface area (Å²) in [6.07, 6.45) is -0.133. The van der Waals surface area contributed by atoms with E-state index in [9.17, 15) is 9.59 Å². The molecule has 0 unspecified atom stereocenters. The van der Waals surface area contributed by atoms with Crippen LogP contribution < -0.4 is 10.2 Å². The van der Waals surface area contributed by atoms with Gasteiger partial charge < -0.3 is 15.1 Å². The molecule has 0 bridgehead atoms. The number of hydrogen-bond donors (Lipinski definition) is 1. The van der Waals surface area contributed by atoms with Crippen molar-refractivity contribution in [2.75, 3.05) is 36.4 Å². The fourth-order valence-corrected chi connectivity index (χ4v) is 3.23. The van der Waals surface area contributed by atoms with Crippen molar-refractivity contribution in [1.82, 2.24) is 4.90 Å². The van der Waals surface area contributed by atoms with Gasteiger partial charge in [-0.05, 0) is 36.8 Å². The number of amides is 2. The number of para-hydroxylation sites is 1. The average molecular weight is 372 g/mol. The molecule has 0 radical (unpaired) electrons. The summed E-state index contributed by atoms with van der Waals surface area (Å²) >= 11 is 6.04. The predicted molar refractivity (Wildman–Crippen MR) is 105 cm³/mol. The number of carbonyl (C=O) groups is 2. The molecule has 0 aromatic heterocycles. The highest BCUT2D eigenvalue weighted by molar-refractivity contribution is 6.30. The van der Waals surface area contributed by atoms with Crippen molar-refractivity contribution < 1.29 is 9.59 Å².